The lowest BCUT2D eigenvalue weighted by Crippen LogP contribution is -2.30. The maximum atomic E-state index is 12.2. The second kappa shape index (κ2) is 9.79. The maximum Gasteiger partial charge on any atom is 0.307 e. The average molecular weight is 382 g/mol. The van der Waals surface area contributed by atoms with E-state index in [1.165, 1.54) is 18.1 Å². The van der Waals surface area contributed by atoms with Crippen LogP contribution in [-0.4, -0.2) is 23.7 Å². The lowest BCUT2D eigenvalue weighted by Gasteiger charge is -2.14. The minimum Gasteiger partial charge on any atom is -0.453 e. The van der Waals surface area contributed by atoms with Gasteiger partial charge in [0.15, 0.2) is 6.10 Å². The van der Waals surface area contributed by atoms with Gasteiger partial charge >= 0.3 is 5.97 Å². The minimum atomic E-state index is -0.934. The zero-order chi connectivity index (χ0) is 19.8. The molecule has 140 valence electrons. The first-order valence-electron chi connectivity index (χ1n) is 8.60. The Hall–Kier alpha value is -2.78. The number of esters is 1. The summed E-state index contributed by atoms with van der Waals surface area (Å²) in [6.07, 6.45) is -0.722. The first-order chi connectivity index (χ1) is 12.9. The number of nitriles is 1. The Morgan fingerprint density at radius 2 is 1.93 bits per heavy atom. The van der Waals surface area contributed by atoms with E-state index in [4.69, 9.17) is 10.00 Å². The van der Waals surface area contributed by atoms with E-state index in [1.807, 2.05) is 12.1 Å². The van der Waals surface area contributed by atoms with E-state index < -0.39 is 18.0 Å². The summed E-state index contributed by atoms with van der Waals surface area (Å²) in [5.41, 5.74) is 3.20. The molecule has 0 aromatic heterocycles. The number of para-hydroxylation sites is 1. The first-order valence-corrected chi connectivity index (χ1v) is 9.59. The molecule has 0 saturated carbocycles. The number of ether oxygens (including phenoxy) is 1. The number of hydrogen-bond acceptors (Lipinski definition) is 5. The predicted molar refractivity (Wildman–Crippen MR) is 107 cm³/mol. The van der Waals surface area contributed by atoms with Gasteiger partial charge in [-0.25, -0.2) is 0 Å². The molecule has 27 heavy (non-hydrogen) atoms. The number of nitrogens with zero attached hydrogens (tertiary/aromatic N) is 1. The maximum absolute atomic E-state index is 12.2. The van der Waals surface area contributed by atoms with Crippen molar-refractivity contribution < 1.29 is 14.3 Å². The quantitative estimate of drug-likeness (QED) is 0.573. The van der Waals surface area contributed by atoms with Gasteiger partial charge in [0.05, 0.1) is 17.7 Å². The summed E-state index contributed by atoms with van der Waals surface area (Å²) < 4.78 is 5.19. The van der Waals surface area contributed by atoms with Crippen molar-refractivity contribution in [1.29, 1.82) is 5.26 Å². The van der Waals surface area contributed by atoms with Crippen LogP contribution in [0.3, 0.4) is 0 Å². The molecular formula is C21H22N2O3S. The number of nitrogens with one attached hydrogen (secondary N) is 1. The summed E-state index contributed by atoms with van der Waals surface area (Å²) in [7, 11) is 0. The SMILES string of the molecule is Cc1ccc(SCCC(=O)O[C@H](C)C(=O)Nc2ccccc2C#N)cc1C. The molecule has 1 amide bonds. The lowest BCUT2D eigenvalue weighted by molar-refractivity contribution is -0.152. The fraction of sp³-hybridized carbons (Fsp3) is 0.286. The molecule has 0 fully saturated rings. The van der Waals surface area contributed by atoms with Crippen molar-refractivity contribution in [1.82, 2.24) is 0 Å². The van der Waals surface area contributed by atoms with Gasteiger partial charge in [0.1, 0.15) is 6.07 Å². The summed E-state index contributed by atoms with van der Waals surface area (Å²) in [6, 6.07) is 14.9. The molecule has 0 radical (unpaired) electrons. The summed E-state index contributed by atoms with van der Waals surface area (Å²) >= 11 is 1.58. The topological polar surface area (TPSA) is 79.2 Å². The van der Waals surface area contributed by atoms with Crippen LogP contribution in [0.2, 0.25) is 0 Å². The fourth-order valence-electron chi connectivity index (χ4n) is 2.29. The van der Waals surface area contributed by atoms with E-state index in [9.17, 15) is 9.59 Å². The van der Waals surface area contributed by atoms with Gasteiger partial charge in [-0.05, 0) is 56.2 Å². The lowest BCUT2D eigenvalue weighted by atomic mass is 10.1. The Morgan fingerprint density at radius 3 is 2.63 bits per heavy atom. The van der Waals surface area contributed by atoms with Crippen LogP contribution in [0.4, 0.5) is 5.69 Å². The van der Waals surface area contributed by atoms with Crippen LogP contribution in [0, 0.1) is 25.2 Å². The number of anilines is 1. The van der Waals surface area contributed by atoms with Crippen molar-refractivity contribution in [2.75, 3.05) is 11.1 Å². The number of hydrogen-bond donors (Lipinski definition) is 1. The van der Waals surface area contributed by atoms with Gasteiger partial charge < -0.3 is 10.1 Å². The molecule has 6 heteroatoms. The fourth-order valence-corrected chi connectivity index (χ4v) is 3.22. The van der Waals surface area contributed by atoms with Crippen molar-refractivity contribution in [3.8, 4) is 6.07 Å². The van der Waals surface area contributed by atoms with E-state index >= 15 is 0 Å². The van der Waals surface area contributed by atoms with Gasteiger partial charge in [0, 0.05) is 10.6 Å². The van der Waals surface area contributed by atoms with Gasteiger partial charge in [-0.1, -0.05) is 18.2 Å². The molecule has 0 spiro atoms. The summed E-state index contributed by atoms with van der Waals surface area (Å²) in [5, 5.41) is 11.7. The Morgan fingerprint density at radius 1 is 1.19 bits per heavy atom. The number of rotatable bonds is 7. The van der Waals surface area contributed by atoms with Crippen molar-refractivity contribution in [2.45, 2.75) is 38.2 Å². The standard InChI is InChI=1S/C21H22N2O3S/c1-14-8-9-18(12-15(14)2)27-11-10-20(24)26-16(3)21(25)23-19-7-5-4-6-17(19)13-22/h4-9,12,16H,10-11H2,1-3H3,(H,23,25)/t16-/m1/s1. The predicted octanol–water partition coefficient (Wildman–Crippen LogP) is 4.23. The van der Waals surface area contributed by atoms with E-state index in [-0.39, 0.29) is 6.42 Å². The molecule has 1 atom stereocenters. The van der Waals surface area contributed by atoms with E-state index in [0.29, 0.717) is 17.0 Å². The highest BCUT2D eigenvalue weighted by Gasteiger charge is 2.18. The van der Waals surface area contributed by atoms with E-state index in [2.05, 4.69) is 31.3 Å². The number of aryl methyl sites for hydroxylation is 2. The molecule has 0 saturated heterocycles. The normalized spacial score (nSPS) is 11.3. The molecule has 2 rings (SSSR count). The number of carbonyl (C=O) groups is 2. The molecule has 0 aliphatic rings. The van der Waals surface area contributed by atoms with Gasteiger partial charge in [0.25, 0.3) is 5.91 Å². The number of carbonyl (C=O) groups excluding carboxylic acids is 2. The Labute approximate surface area is 163 Å². The first kappa shape index (κ1) is 20.5. The number of thioether (sulfide) groups is 1. The third-order valence-corrected chi connectivity index (χ3v) is 5.03. The highest BCUT2D eigenvalue weighted by atomic mass is 32.2. The van der Waals surface area contributed by atoms with Gasteiger partial charge in [-0.3, -0.25) is 9.59 Å². The molecule has 1 N–H and O–H groups in total. The molecule has 0 aliphatic heterocycles. The van der Waals surface area contributed by atoms with Crippen molar-refractivity contribution >= 4 is 29.3 Å². The largest absolute Gasteiger partial charge is 0.453 e. The van der Waals surface area contributed by atoms with Crippen LogP contribution in [-0.2, 0) is 14.3 Å². The minimum absolute atomic E-state index is 0.212. The highest BCUT2D eigenvalue weighted by Crippen LogP contribution is 2.22. The van der Waals surface area contributed by atoms with E-state index in [0.717, 1.165) is 4.90 Å². The third-order valence-electron chi connectivity index (χ3n) is 4.04. The summed E-state index contributed by atoms with van der Waals surface area (Å²) in [6.45, 7) is 5.62. The van der Waals surface area contributed by atoms with E-state index in [1.54, 1.807) is 36.0 Å². The van der Waals surface area contributed by atoms with Crippen LogP contribution >= 0.6 is 11.8 Å². The summed E-state index contributed by atoms with van der Waals surface area (Å²) in [4.78, 5) is 25.3. The second-order valence-corrected chi connectivity index (χ2v) is 7.29. The van der Waals surface area contributed by atoms with Gasteiger partial charge in [-0.2, -0.15) is 5.26 Å². The monoisotopic (exact) mass is 382 g/mol. The van der Waals surface area contributed by atoms with Crippen molar-refractivity contribution in [3.63, 3.8) is 0 Å². The van der Waals surface area contributed by atoms with Gasteiger partial charge in [0.2, 0.25) is 0 Å². The molecular weight excluding hydrogens is 360 g/mol. The molecule has 0 unspecified atom stereocenters. The molecule has 2 aromatic rings. The molecule has 2 aromatic carbocycles. The highest BCUT2D eigenvalue weighted by molar-refractivity contribution is 7.99. The van der Waals surface area contributed by atoms with Crippen molar-refractivity contribution in [3.05, 3.63) is 59.2 Å². The van der Waals surface area contributed by atoms with Crippen LogP contribution in [0.25, 0.3) is 0 Å². The van der Waals surface area contributed by atoms with Crippen molar-refractivity contribution in [2.24, 2.45) is 0 Å². The van der Waals surface area contributed by atoms with Crippen LogP contribution in [0.15, 0.2) is 47.4 Å². The number of amides is 1. The van der Waals surface area contributed by atoms with Gasteiger partial charge in [-0.15, -0.1) is 11.8 Å². The average Bonchev–Trinajstić information content (AvgIpc) is 2.65. The number of benzene rings is 2. The van der Waals surface area contributed by atoms with Crippen LogP contribution in [0.5, 0.6) is 0 Å². The third kappa shape index (κ3) is 6.15. The molecule has 0 heterocycles. The van der Waals surface area contributed by atoms with Crippen LogP contribution < -0.4 is 5.32 Å². The van der Waals surface area contributed by atoms with Crippen LogP contribution in [0.1, 0.15) is 30.0 Å². The zero-order valence-corrected chi connectivity index (χ0v) is 16.4. The zero-order valence-electron chi connectivity index (χ0n) is 15.6. The smallest absolute Gasteiger partial charge is 0.307 e. The Bertz CT molecular complexity index is 874. The summed E-state index contributed by atoms with van der Waals surface area (Å²) in [5.74, 6) is -0.317. The Kier molecular flexibility index (Phi) is 7.44. The Balaban J connectivity index is 1.79. The molecule has 5 nitrogen and oxygen atoms in total. The molecule has 0 bridgehead atoms. The molecule has 0 aliphatic carbocycles. The second-order valence-electron chi connectivity index (χ2n) is 6.12.